The van der Waals surface area contributed by atoms with E-state index in [-0.39, 0.29) is 5.91 Å². The quantitative estimate of drug-likeness (QED) is 0.838. The molecule has 16 heavy (non-hydrogen) atoms. The summed E-state index contributed by atoms with van der Waals surface area (Å²) < 4.78 is 1.08. The van der Waals surface area contributed by atoms with Crippen molar-refractivity contribution >= 4 is 39.8 Å². The van der Waals surface area contributed by atoms with Crippen molar-refractivity contribution in [1.29, 1.82) is 5.26 Å². The average Bonchev–Trinajstić information content (AvgIpc) is 2.88. The van der Waals surface area contributed by atoms with Gasteiger partial charge in [0.25, 0.3) is 5.91 Å². The Bertz CT molecular complexity index is 443. The van der Waals surface area contributed by atoms with Crippen LogP contribution in [-0.2, 0) is 0 Å². The van der Waals surface area contributed by atoms with Gasteiger partial charge < -0.3 is 5.32 Å². The first-order chi connectivity index (χ1) is 7.65. The molecule has 3 nitrogen and oxygen atoms in total. The SMILES string of the molecule is N#CC1(NC(=O)c2csc(I)c2)CCCC1. The molecule has 2 rings (SSSR count). The topological polar surface area (TPSA) is 52.9 Å². The zero-order chi connectivity index (χ0) is 11.6. The van der Waals surface area contributed by atoms with Crippen LogP contribution >= 0.6 is 33.9 Å². The van der Waals surface area contributed by atoms with Crippen LogP contribution in [0.15, 0.2) is 11.4 Å². The number of nitriles is 1. The number of hydrogen-bond donors (Lipinski definition) is 1. The Morgan fingerprint density at radius 2 is 2.25 bits per heavy atom. The van der Waals surface area contributed by atoms with Gasteiger partial charge in [0.1, 0.15) is 5.54 Å². The number of thiophene rings is 1. The van der Waals surface area contributed by atoms with Crippen molar-refractivity contribution in [2.75, 3.05) is 0 Å². The second-order valence-corrected chi connectivity index (χ2v) is 6.80. The van der Waals surface area contributed by atoms with Crippen LogP contribution in [0, 0.1) is 14.2 Å². The molecular formula is C11H11IN2OS. The Kier molecular flexibility index (Phi) is 3.50. The first kappa shape index (κ1) is 11.9. The van der Waals surface area contributed by atoms with E-state index in [1.54, 1.807) is 11.3 Å². The van der Waals surface area contributed by atoms with Gasteiger partial charge >= 0.3 is 0 Å². The summed E-state index contributed by atoms with van der Waals surface area (Å²) in [7, 11) is 0. The van der Waals surface area contributed by atoms with Gasteiger partial charge in [-0.3, -0.25) is 4.79 Å². The fourth-order valence-corrected chi connectivity index (χ4v) is 3.29. The molecule has 84 valence electrons. The molecule has 0 aromatic carbocycles. The third-order valence-electron chi connectivity index (χ3n) is 2.85. The van der Waals surface area contributed by atoms with E-state index in [9.17, 15) is 4.79 Å². The lowest BCUT2D eigenvalue weighted by molar-refractivity contribution is 0.0921. The second-order valence-electron chi connectivity index (χ2n) is 3.99. The molecule has 1 aromatic heterocycles. The van der Waals surface area contributed by atoms with E-state index in [0.717, 1.165) is 28.6 Å². The van der Waals surface area contributed by atoms with Crippen LogP contribution in [0.1, 0.15) is 36.0 Å². The van der Waals surface area contributed by atoms with Crippen molar-refractivity contribution in [3.8, 4) is 6.07 Å². The summed E-state index contributed by atoms with van der Waals surface area (Å²) in [6.07, 6.45) is 3.59. The number of rotatable bonds is 2. The summed E-state index contributed by atoms with van der Waals surface area (Å²) in [5.41, 5.74) is 0.0423. The summed E-state index contributed by atoms with van der Waals surface area (Å²) in [6, 6.07) is 4.10. The zero-order valence-electron chi connectivity index (χ0n) is 8.62. The van der Waals surface area contributed by atoms with Crippen molar-refractivity contribution in [2.24, 2.45) is 0 Å². The van der Waals surface area contributed by atoms with Crippen molar-refractivity contribution < 1.29 is 4.79 Å². The Morgan fingerprint density at radius 1 is 1.56 bits per heavy atom. The maximum atomic E-state index is 11.9. The van der Waals surface area contributed by atoms with Crippen LogP contribution in [0.2, 0.25) is 0 Å². The third-order valence-corrected chi connectivity index (χ3v) is 4.64. The molecule has 0 atom stereocenters. The van der Waals surface area contributed by atoms with Gasteiger partial charge in [-0.15, -0.1) is 11.3 Å². The highest BCUT2D eigenvalue weighted by atomic mass is 127. The molecule has 0 radical (unpaired) electrons. The first-order valence-electron chi connectivity index (χ1n) is 5.13. The van der Waals surface area contributed by atoms with Gasteiger partial charge in [0, 0.05) is 5.38 Å². The van der Waals surface area contributed by atoms with Gasteiger partial charge in [-0.1, -0.05) is 0 Å². The fraction of sp³-hybridized carbons (Fsp3) is 0.455. The van der Waals surface area contributed by atoms with Crippen LogP contribution in [0.3, 0.4) is 0 Å². The van der Waals surface area contributed by atoms with Gasteiger partial charge in [-0.25, -0.2) is 0 Å². The normalized spacial score (nSPS) is 18.0. The molecule has 1 heterocycles. The lowest BCUT2D eigenvalue weighted by Gasteiger charge is -2.21. The highest BCUT2D eigenvalue weighted by Crippen LogP contribution is 2.29. The predicted molar refractivity (Wildman–Crippen MR) is 71.3 cm³/mol. The first-order valence-corrected chi connectivity index (χ1v) is 7.09. The van der Waals surface area contributed by atoms with Gasteiger partial charge in [-0.2, -0.15) is 5.26 Å². The van der Waals surface area contributed by atoms with E-state index >= 15 is 0 Å². The molecule has 1 aromatic rings. The van der Waals surface area contributed by atoms with E-state index in [4.69, 9.17) is 5.26 Å². The van der Waals surface area contributed by atoms with E-state index in [1.807, 2.05) is 11.4 Å². The molecule has 0 saturated heterocycles. The highest BCUT2D eigenvalue weighted by Gasteiger charge is 2.35. The Morgan fingerprint density at radius 3 is 2.75 bits per heavy atom. The zero-order valence-corrected chi connectivity index (χ0v) is 11.6. The standard InChI is InChI=1S/C11H11IN2OS/c12-9-5-8(6-16-9)10(15)14-11(7-13)3-1-2-4-11/h5-6H,1-4H2,(H,14,15). The lowest BCUT2D eigenvalue weighted by atomic mass is 9.99. The number of nitrogens with one attached hydrogen (secondary N) is 1. The summed E-state index contributed by atoms with van der Waals surface area (Å²) in [5, 5.41) is 13.9. The number of carbonyl (C=O) groups excluding carboxylic acids is 1. The fourth-order valence-electron chi connectivity index (χ4n) is 1.96. The minimum Gasteiger partial charge on any atom is -0.334 e. The Balaban J connectivity index is 2.10. The number of amides is 1. The molecule has 1 aliphatic carbocycles. The summed E-state index contributed by atoms with van der Waals surface area (Å²) in [5.74, 6) is -0.123. The molecule has 1 amide bonds. The molecule has 1 fully saturated rings. The van der Waals surface area contributed by atoms with Gasteiger partial charge in [-0.05, 0) is 54.3 Å². The average molecular weight is 346 g/mol. The molecule has 0 bridgehead atoms. The number of carbonyl (C=O) groups is 1. The van der Waals surface area contributed by atoms with Crippen LogP contribution in [0.25, 0.3) is 0 Å². The van der Waals surface area contributed by atoms with Crippen LogP contribution in [0.4, 0.5) is 0 Å². The molecule has 5 heteroatoms. The largest absolute Gasteiger partial charge is 0.334 e. The molecule has 0 spiro atoms. The van der Waals surface area contributed by atoms with E-state index in [2.05, 4.69) is 34.0 Å². The minimum absolute atomic E-state index is 0.123. The van der Waals surface area contributed by atoms with Crippen molar-refractivity contribution in [1.82, 2.24) is 5.32 Å². The molecular weight excluding hydrogens is 335 g/mol. The van der Waals surface area contributed by atoms with E-state index < -0.39 is 5.54 Å². The maximum Gasteiger partial charge on any atom is 0.253 e. The third kappa shape index (κ3) is 2.38. The Hall–Kier alpha value is -0.610. The number of nitrogens with zero attached hydrogens (tertiary/aromatic N) is 1. The van der Waals surface area contributed by atoms with Crippen molar-refractivity contribution in [2.45, 2.75) is 31.2 Å². The van der Waals surface area contributed by atoms with Crippen LogP contribution in [-0.4, -0.2) is 11.4 Å². The molecule has 0 unspecified atom stereocenters. The van der Waals surface area contributed by atoms with Crippen molar-refractivity contribution in [3.63, 3.8) is 0 Å². The second kappa shape index (κ2) is 4.72. The number of hydrogen-bond acceptors (Lipinski definition) is 3. The van der Waals surface area contributed by atoms with Crippen LogP contribution < -0.4 is 5.32 Å². The summed E-state index contributed by atoms with van der Waals surface area (Å²) in [4.78, 5) is 11.9. The lowest BCUT2D eigenvalue weighted by Crippen LogP contribution is -2.44. The van der Waals surface area contributed by atoms with Crippen molar-refractivity contribution in [3.05, 3.63) is 19.9 Å². The van der Waals surface area contributed by atoms with Gasteiger partial charge in [0.15, 0.2) is 0 Å². The van der Waals surface area contributed by atoms with Gasteiger partial charge in [0.05, 0.1) is 14.5 Å². The highest BCUT2D eigenvalue weighted by molar-refractivity contribution is 14.1. The van der Waals surface area contributed by atoms with E-state index in [0.29, 0.717) is 5.56 Å². The minimum atomic E-state index is -0.621. The summed E-state index contributed by atoms with van der Waals surface area (Å²) >= 11 is 3.73. The van der Waals surface area contributed by atoms with Gasteiger partial charge in [0.2, 0.25) is 0 Å². The van der Waals surface area contributed by atoms with Crippen LogP contribution in [0.5, 0.6) is 0 Å². The molecule has 1 saturated carbocycles. The molecule has 0 aliphatic heterocycles. The molecule has 1 aliphatic rings. The van der Waals surface area contributed by atoms with E-state index in [1.165, 1.54) is 0 Å². The summed E-state index contributed by atoms with van der Waals surface area (Å²) in [6.45, 7) is 0. The molecule has 1 N–H and O–H groups in total. The maximum absolute atomic E-state index is 11.9. The Labute approximate surface area is 112 Å². The smallest absolute Gasteiger partial charge is 0.253 e. The predicted octanol–water partition coefficient (Wildman–Crippen LogP) is 2.92. The number of halogens is 1. The monoisotopic (exact) mass is 346 g/mol.